The molecule has 0 saturated heterocycles. The van der Waals surface area contributed by atoms with Gasteiger partial charge in [-0.2, -0.15) is 0 Å². The van der Waals surface area contributed by atoms with E-state index in [4.69, 9.17) is 9.47 Å². The van der Waals surface area contributed by atoms with E-state index in [1.54, 1.807) is 44.0 Å². The number of amides is 1. The molecule has 8 heteroatoms. The minimum absolute atomic E-state index is 0.0152. The molecule has 1 aromatic heterocycles. The highest BCUT2D eigenvalue weighted by Crippen LogP contribution is 2.33. The van der Waals surface area contributed by atoms with Gasteiger partial charge in [0.25, 0.3) is 5.91 Å². The van der Waals surface area contributed by atoms with Crippen molar-refractivity contribution in [2.45, 2.75) is 40.2 Å². The van der Waals surface area contributed by atoms with Crippen LogP contribution in [0, 0.1) is 12.3 Å². The topological polar surface area (TPSA) is 90.3 Å². The van der Waals surface area contributed by atoms with Gasteiger partial charge < -0.3 is 20.1 Å². The largest absolute Gasteiger partial charge is 0.497 e. The lowest BCUT2D eigenvalue weighted by molar-refractivity contribution is 0.0961. The molecule has 1 aliphatic rings. The minimum atomic E-state index is -0.307. The van der Waals surface area contributed by atoms with E-state index in [1.165, 1.54) is 5.57 Å². The Kier molecular flexibility index (Phi) is 6.50. The monoisotopic (exact) mass is 425 g/mol. The number of nitrogens with zero attached hydrogens (tertiary/aromatic N) is 3. The molecule has 1 heterocycles. The fraction of sp³-hybridized carbons (Fsp3) is 0.435. The van der Waals surface area contributed by atoms with Gasteiger partial charge in [-0.25, -0.2) is 4.68 Å². The van der Waals surface area contributed by atoms with Crippen LogP contribution in [-0.4, -0.2) is 48.2 Å². The molecule has 0 fully saturated rings. The van der Waals surface area contributed by atoms with E-state index >= 15 is 0 Å². The SMILES string of the molecule is CNC1C=C(NC(=O)c2nnn(-c3cc(OC)ccc3OC)c2C)C=C(C(C)(C)C)C1. The van der Waals surface area contributed by atoms with Crippen LogP contribution in [-0.2, 0) is 0 Å². The van der Waals surface area contributed by atoms with Crippen molar-refractivity contribution in [3.05, 3.63) is 53.0 Å². The minimum Gasteiger partial charge on any atom is -0.497 e. The summed E-state index contributed by atoms with van der Waals surface area (Å²) in [7, 11) is 5.09. The number of hydrogen-bond donors (Lipinski definition) is 2. The van der Waals surface area contributed by atoms with E-state index < -0.39 is 0 Å². The number of allylic oxidation sites excluding steroid dienone is 1. The van der Waals surface area contributed by atoms with Crippen LogP contribution in [0.1, 0.15) is 43.4 Å². The molecule has 0 radical (unpaired) electrons. The van der Waals surface area contributed by atoms with Gasteiger partial charge in [0.2, 0.25) is 0 Å². The standard InChI is InChI=1S/C23H31N5O3/c1-14-21(26-27-28(14)19-13-18(30-6)8-9-20(19)31-7)22(29)25-17-11-15(23(2,3)4)10-16(12-17)24-5/h8-9,11-13,16,24H,10H2,1-7H3,(H,25,29). The third-order valence-corrected chi connectivity index (χ3v) is 5.47. The van der Waals surface area contributed by atoms with E-state index in [1.807, 2.05) is 13.1 Å². The van der Waals surface area contributed by atoms with Crippen molar-refractivity contribution < 1.29 is 14.3 Å². The number of methoxy groups -OCH3 is 2. The maximum Gasteiger partial charge on any atom is 0.278 e. The van der Waals surface area contributed by atoms with Gasteiger partial charge in [0, 0.05) is 17.8 Å². The van der Waals surface area contributed by atoms with Gasteiger partial charge in [0.1, 0.15) is 17.2 Å². The second-order valence-electron chi connectivity index (χ2n) is 8.57. The molecule has 1 amide bonds. The van der Waals surface area contributed by atoms with Crippen LogP contribution in [0.2, 0.25) is 0 Å². The molecule has 0 saturated carbocycles. The van der Waals surface area contributed by atoms with Gasteiger partial charge in [0.15, 0.2) is 5.69 Å². The molecule has 8 nitrogen and oxygen atoms in total. The van der Waals surface area contributed by atoms with Gasteiger partial charge in [-0.05, 0) is 50.1 Å². The van der Waals surface area contributed by atoms with Crippen LogP contribution >= 0.6 is 0 Å². The first-order valence-electron chi connectivity index (χ1n) is 10.2. The predicted molar refractivity (Wildman–Crippen MR) is 120 cm³/mol. The Morgan fingerprint density at radius 2 is 1.97 bits per heavy atom. The van der Waals surface area contributed by atoms with Gasteiger partial charge in [-0.1, -0.05) is 31.6 Å². The Bertz CT molecular complexity index is 1030. The quantitative estimate of drug-likeness (QED) is 0.739. The van der Waals surface area contributed by atoms with Crippen molar-refractivity contribution in [1.29, 1.82) is 0 Å². The lowest BCUT2D eigenvalue weighted by atomic mass is 9.80. The van der Waals surface area contributed by atoms with Crippen LogP contribution in [0.4, 0.5) is 0 Å². The summed E-state index contributed by atoms with van der Waals surface area (Å²) in [6, 6.07) is 5.54. The van der Waals surface area contributed by atoms with Crippen molar-refractivity contribution in [2.75, 3.05) is 21.3 Å². The van der Waals surface area contributed by atoms with Gasteiger partial charge >= 0.3 is 0 Å². The van der Waals surface area contributed by atoms with Crippen molar-refractivity contribution in [3.63, 3.8) is 0 Å². The number of carbonyl (C=O) groups excluding carboxylic acids is 1. The maximum atomic E-state index is 13.0. The second-order valence-corrected chi connectivity index (χ2v) is 8.57. The van der Waals surface area contributed by atoms with Gasteiger partial charge in [-0.3, -0.25) is 4.79 Å². The van der Waals surface area contributed by atoms with Crippen molar-refractivity contribution in [1.82, 2.24) is 25.6 Å². The van der Waals surface area contributed by atoms with Crippen molar-refractivity contribution >= 4 is 5.91 Å². The summed E-state index contributed by atoms with van der Waals surface area (Å²) in [5, 5.41) is 14.6. The summed E-state index contributed by atoms with van der Waals surface area (Å²) >= 11 is 0. The zero-order chi connectivity index (χ0) is 22.8. The van der Waals surface area contributed by atoms with Gasteiger partial charge in [-0.15, -0.1) is 5.10 Å². The molecule has 1 aromatic carbocycles. The van der Waals surface area contributed by atoms with Crippen LogP contribution in [0.25, 0.3) is 5.69 Å². The molecule has 2 N–H and O–H groups in total. The van der Waals surface area contributed by atoms with Crippen LogP contribution in [0.3, 0.4) is 0 Å². The number of nitrogens with one attached hydrogen (secondary N) is 2. The summed E-state index contributed by atoms with van der Waals surface area (Å²) in [5.41, 5.74) is 3.54. The molecule has 31 heavy (non-hydrogen) atoms. The fourth-order valence-corrected chi connectivity index (χ4v) is 3.51. The number of likely N-dealkylation sites (N-methyl/N-ethyl adjacent to an activating group) is 1. The normalized spacial score (nSPS) is 16.4. The number of carbonyl (C=O) groups is 1. The Labute approximate surface area is 183 Å². The van der Waals surface area contributed by atoms with E-state index in [2.05, 4.69) is 47.8 Å². The average molecular weight is 426 g/mol. The summed E-state index contributed by atoms with van der Waals surface area (Å²) in [6.45, 7) is 8.32. The molecule has 0 spiro atoms. The highest BCUT2D eigenvalue weighted by atomic mass is 16.5. The lowest BCUT2D eigenvalue weighted by Crippen LogP contribution is -2.33. The number of benzene rings is 1. The summed E-state index contributed by atoms with van der Waals surface area (Å²) < 4.78 is 12.3. The van der Waals surface area contributed by atoms with Crippen molar-refractivity contribution in [3.8, 4) is 17.2 Å². The summed E-state index contributed by atoms with van der Waals surface area (Å²) in [5.74, 6) is 0.950. The first-order valence-corrected chi connectivity index (χ1v) is 10.2. The third-order valence-electron chi connectivity index (χ3n) is 5.47. The number of rotatable bonds is 6. The molecule has 1 atom stereocenters. The van der Waals surface area contributed by atoms with E-state index in [0.717, 1.165) is 12.1 Å². The average Bonchev–Trinajstić information content (AvgIpc) is 3.13. The van der Waals surface area contributed by atoms with Crippen LogP contribution in [0.15, 0.2) is 41.6 Å². The fourth-order valence-electron chi connectivity index (χ4n) is 3.51. The van der Waals surface area contributed by atoms with Crippen LogP contribution in [0.5, 0.6) is 11.5 Å². The Hall–Kier alpha value is -3.13. The summed E-state index contributed by atoms with van der Waals surface area (Å²) in [6.07, 6.45) is 4.98. The zero-order valence-corrected chi connectivity index (χ0v) is 19.2. The molecular formula is C23H31N5O3. The Morgan fingerprint density at radius 3 is 2.58 bits per heavy atom. The third kappa shape index (κ3) is 4.80. The maximum absolute atomic E-state index is 13.0. The Balaban J connectivity index is 1.90. The number of aromatic nitrogens is 3. The van der Waals surface area contributed by atoms with E-state index in [9.17, 15) is 4.79 Å². The van der Waals surface area contributed by atoms with Crippen LogP contribution < -0.4 is 20.1 Å². The highest BCUT2D eigenvalue weighted by Gasteiger charge is 2.25. The Morgan fingerprint density at radius 1 is 1.23 bits per heavy atom. The molecule has 166 valence electrons. The summed E-state index contributed by atoms with van der Waals surface area (Å²) in [4.78, 5) is 13.0. The molecule has 0 bridgehead atoms. The van der Waals surface area contributed by atoms with E-state index in [-0.39, 0.29) is 23.1 Å². The molecular weight excluding hydrogens is 394 g/mol. The smallest absolute Gasteiger partial charge is 0.278 e. The molecule has 1 unspecified atom stereocenters. The number of hydrogen-bond acceptors (Lipinski definition) is 6. The first kappa shape index (κ1) is 22.6. The molecule has 0 aliphatic heterocycles. The zero-order valence-electron chi connectivity index (χ0n) is 19.2. The van der Waals surface area contributed by atoms with E-state index in [0.29, 0.717) is 22.9 Å². The highest BCUT2D eigenvalue weighted by molar-refractivity contribution is 5.94. The molecule has 3 rings (SSSR count). The predicted octanol–water partition coefficient (Wildman–Crippen LogP) is 3.17. The first-order chi connectivity index (χ1) is 14.7. The lowest BCUT2D eigenvalue weighted by Gasteiger charge is -2.30. The van der Waals surface area contributed by atoms with Crippen molar-refractivity contribution in [2.24, 2.45) is 5.41 Å². The molecule has 2 aromatic rings. The second kappa shape index (κ2) is 8.93. The molecule has 1 aliphatic carbocycles. The van der Waals surface area contributed by atoms with Gasteiger partial charge in [0.05, 0.1) is 19.9 Å². The number of ether oxygens (including phenoxy) is 2.